The zero-order valence-electron chi connectivity index (χ0n) is 15.6. The molecule has 1 nitrogen and oxygen atoms in total. The Morgan fingerprint density at radius 1 is 0.739 bits per heavy atom. The number of aliphatic hydroxyl groups is 1. The Kier molecular flexibility index (Phi) is 14.1. The highest BCUT2D eigenvalue weighted by Crippen LogP contribution is 2.35. The fourth-order valence-electron chi connectivity index (χ4n) is 3.46. The van der Waals surface area contributed by atoms with Gasteiger partial charge in [-0.3, -0.25) is 0 Å². The first-order chi connectivity index (χ1) is 11.3. The lowest BCUT2D eigenvalue weighted by Crippen LogP contribution is -2.31. The number of hydrogen-bond acceptors (Lipinski definition) is 3. The Morgan fingerprint density at radius 3 is 1.87 bits per heavy atom. The van der Waals surface area contributed by atoms with Gasteiger partial charge in [-0.05, 0) is 67.0 Å². The molecule has 1 saturated carbocycles. The molecule has 0 aliphatic heterocycles. The van der Waals surface area contributed by atoms with Crippen LogP contribution in [0.15, 0.2) is 0 Å². The van der Waals surface area contributed by atoms with E-state index in [0.717, 1.165) is 24.7 Å². The molecule has 0 spiro atoms. The Hall–Kier alpha value is 0.660. The van der Waals surface area contributed by atoms with Crippen LogP contribution in [0.4, 0.5) is 0 Å². The second-order valence-electron chi connectivity index (χ2n) is 7.26. The van der Waals surface area contributed by atoms with Gasteiger partial charge < -0.3 is 5.11 Å². The molecule has 1 aliphatic carbocycles. The third kappa shape index (κ3) is 11.0. The van der Waals surface area contributed by atoms with E-state index in [0.29, 0.717) is 0 Å². The molecule has 1 aliphatic rings. The van der Waals surface area contributed by atoms with Crippen molar-refractivity contribution in [1.82, 2.24) is 0 Å². The van der Waals surface area contributed by atoms with Gasteiger partial charge in [0.1, 0.15) is 0 Å². The van der Waals surface area contributed by atoms with E-state index in [-0.39, 0.29) is 6.10 Å². The molecule has 0 aromatic heterocycles. The molecule has 0 aromatic rings. The molecule has 138 valence electrons. The maximum Gasteiger partial charge on any atom is 0.0543 e. The maximum atomic E-state index is 10.0. The molecular weight excluding hydrogens is 320 g/mol. The smallest absolute Gasteiger partial charge is 0.0543 e. The van der Waals surface area contributed by atoms with Gasteiger partial charge in [0, 0.05) is 0 Å². The highest BCUT2D eigenvalue weighted by atomic mass is 32.2. The molecule has 3 heteroatoms. The standard InChI is InChI=1S/C20H40OS2/c1-3-5-7-9-13-22-16-18-11-12-20(21)15-19(18)17-23-14-10-8-6-4-2/h18-21H,3-17H2,1-2H3. The van der Waals surface area contributed by atoms with Crippen molar-refractivity contribution in [2.24, 2.45) is 11.8 Å². The Balaban J connectivity index is 2.15. The third-order valence-electron chi connectivity index (χ3n) is 5.06. The predicted octanol–water partition coefficient (Wildman–Crippen LogP) is 6.39. The van der Waals surface area contributed by atoms with Gasteiger partial charge in [0.2, 0.25) is 0 Å². The van der Waals surface area contributed by atoms with E-state index in [4.69, 9.17) is 0 Å². The van der Waals surface area contributed by atoms with E-state index < -0.39 is 0 Å². The maximum absolute atomic E-state index is 10.0. The predicted molar refractivity (Wildman–Crippen MR) is 110 cm³/mol. The molecule has 0 heterocycles. The van der Waals surface area contributed by atoms with Gasteiger partial charge in [-0.25, -0.2) is 0 Å². The Labute approximate surface area is 154 Å². The summed E-state index contributed by atoms with van der Waals surface area (Å²) in [5.41, 5.74) is 0. The molecule has 0 aromatic carbocycles. The normalized spacial score (nSPS) is 24.9. The quantitative estimate of drug-likeness (QED) is 0.362. The van der Waals surface area contributed by atoms with Crippen LogP contribution in [-0.4, -0.2) is 34.2 Å². The van der Waals surface area contributed by atoms with Crippen LogP contribution >= 0.6 is 23.5 Å². The van der Waals surface area contributed by atoms with Crippen molar-refractivity contribution in [3.63, 3.8) is 0 Å². The van der Waals surface area contributed by atoms with Crippen LogP contribution in [0.2, 0.25) is 0 Å². The van der Waals surface area contributed by atoms with Crippen LogP contribution < -0.4 is 0 Å². The van der Waals surface area contributed by atoms with Crippen molar-refractivity contribution in [1.29, 1.82) is 0 Å². The first-order valence-corrected chi connectivity index (χ1v) is 12.4. The van der Waals surface area contributed by atoms with Gasteiger partial charge in [-0.1, -0.05) is 52.4 Å². The fourth-order valence-corrected chi connectivity index (χ4v) is 6.06. The lowest BCUT2D eigenvalue weighted by molar-refractivity contribution is 0.0835. The number of thioether (sulfide) groups is 2. The van der Waals surface area contributed by atoms with E-state index in [1.54, 1.807) is 0 Å². The Morgan fingerprint density at radius 2 is 1.30 bits per heavy atom. The van der Waals surface area contributed by atoms with Crippen LogP contribution in [0.25, 0.3) is 0 Å². The van der Waals surface area contributed by atoms with E-state index in [1.165, 1.54) is 80.8 Å². The molecule has 1 rings (SSSR count). The van der Waals surface area contributed by atoms with Crippen molar-refractivity contribution in [3.05, 3.63) is 0 Å². The first-order valence-electron chi connectivity index (χ1n) is 10.1. The number of rotatable bonds is 14. The number of unbranched alkanes of at least 4 members (excludes halogenated alkanes) is 6. The van der Waals surface area contributed by atoms with Gasteiger partial charge in [0.15, 0.2) is 0 Å². The van der Waals surface area contributed by atoms with Crippen molar-refractivity contribution in [2.45, 2.75) is 90.6 Å². The van der Waals surface area contributed by atoms with Gasteiger partial charge in [0.25, 0.3) is 0 Å². The average Bonchev–Trinajstić information content (AvgIpc) is 2.55. The summed E-state index contributed by atoms with van der Waals surface area (Å²) in [6.45, 7) is 4.56. The first kappa shape index (κ1) is 21.7. The summed E-state index contributed by atoms with van der Waals surface area (Å²) in [4.78, 5) is 0. The summed E-state index contributed by atoms with van der Waals surface area (Å²) in [6, 6.07) is 0. The zero-order chi connectivity index (χ0) is 16.8. The number of hydrogen-bond donors (Lipinski definition) is 1. The molecule has 23 heavy (non-hydrogen) atoms. The van der Waals surface area contributed by atoms with E-state index in [9.17, 15) is 5.11 Å². The minimum Gasteiger partial charge on any atom is -0.393 e. The van der Waals surface area contributed by atoms with Crippen molar-refractivity contribution < 1.29 is 5.11 Å². The van der Waals surface area contributed by atoms with Crippen LogP contribution in [0.3, 0.4) is 0 Å². The summed E-state index contributed by atoms with van der Waals surface area (Å²) in [5.74, 6) is 6.90. The zero-order valence-corrected chi connectivity index (χ0v) is 17.2. The van der Waals surface area contributed by atoms with E-state index in [1.807, 2.05) is 0 Å². The van der Waals surface area contributed by atoms with Crippen LogP contribution in [0.1, 0.15) is 84.5 Å². The lowest BCUT2D eigenvalue weighted by atomic mass is 9.80. The van der Waals surface area contributed by atoms with Crippen LogP contribution in [0, 0.1) is 11.8 Å². The van der Waals surface area contributed by atoms with Gasteiger partial charge in [-0.2, -0.15) is 23.5 Å². The average molecular weight is 361 g/mol. The van der Waals surface area contributed by atoms with Crippen LogP contribution in [0.5, 0.6) is 0 Å². The second kappa shape index (κ2) is 15.0. The van der Waals surface area contributed by atoms with Crippen molar-refractivity contribution in [2.75, 3.05) is 23.0 Å². The molecule has 0 amide bonds. The van der Waals surface area contributed by atoms with Crippen LogP contribution in [-0.2, 0) is 0 Å². The monoisotopic (exact) mass is 360 g/mol. The summed E-state index contributed by atoms with van der Waals surface area (Å²) in [5, 5.41) is 10.0. The van der Waals surface area contributed by atoms with Crippen molar-refractivity contribution >= 4 is 23.5 Å². The molecule has 0 saturated heterocycles. The van der Waals surface area contributed by atoms with Gasteiger partial charge in [-0.15, -0.1) is 0 Å². The SMILES string of the molecule is CCCCCCSCC1CCC(O)CC1CSCCCCCC. The summed E-state index contributed by atoms with van der Waals surface area (Å²) < 4.78 is 0. The molecular formula is C20H40OS2. The second-order valence-corrected chi connectivity index (χ2v) is 9.56. The van der Waals surface area contributed by atoms with Gasteiger partial charge >= 0.3 is 0 Å². The van der Waals surface area contributed by atoms with E-state index >= 15 is 0 Å². The van der Waals surface area contributed by atoms with Crippen molar-refractivity contribution in [3.8, 4) is 0 Å². The summed E-state index contributed by atoms with van der Waals surface area (Å²) in [7, 11) is 0. The molecule has 1 N–H and O–H groups in total. The summed E-state index contributed by atoms with van der Waals surface area (Å²) in [6.07, 6.45) is 14.4. The van der Waals surface area contributed by atoms with Gasteiger partial charge in [0.05, 0.1) is 6.10 Å². The minimum atomic E-state index is -0.0218. The molecule has 3 unspecified atom stereocenters. The molecule has 0 bridgehead atoms. The topological polar surface area (TPSA) is 20.2 Å². The highest BCUT2D eigenvalue weighted by Gasteiger charge is 2.29. The molecule has 3 atom stereocenters. The highest BCUT2D eigenvalue weighted by molar-refractivity contribution is 7.99. The largest absolute Gasteiger partial charge is 0.393 e. The summed E-state index contributed by atoms with van der Waals surface area (Å²) >= 11 is 4.32. The number of aliphatic hydroxyl groups excluding tert-OH is 1. The minimum absolute atomic E-state index is 0.0218. The molecule has 0 radical (unpaired) electrons. The lowest BCUT2D eigenvalue weighted by Gasteiger charge is -2.34. The fraction of sp³-hybridized carbons (Fsp3) is 1.00. The molecule has 1 fully saturated rings. The Bertz CT molecular complexity index is 260. The third-order valence-corrected chi connectivity index (χ3v) is 7.54. The van der Waals surface area contributed by atoms with E-state index in [2.05, 4.69) is 37.4 Å².